The summed E-state index contributed by atoms with van der Waals surface area (Å²) < 4.78 is 21.7. The molecule has 0 radical (unpaired) electrons. The van der Waals surface area contributed by atoms with Crippen molar-refractivity contribution in [2.75, 3.05) is 6.61 Å². The average Bonchev–Trinajstić information content (AvgIpc) is 2.85. The number of aliphatic hydroxyl groups is 1. The van der Waals surface area contributed by atoms with E-state index in [0.29, 0.717) is 6.61 Å². The van der Waals surface area contributed by atoms with Crippen LogP contribution in [0.15, 0.2) is 0 Å². The van der Waals surface area contributed by atoms with Gasteiger partial charge < -0.3 is 24.1 Å². The third-order valence-electron chi connectivity index (χ3n) is 6.62. The van der Waals surface area contributed by atoms with Crippen LogP contribution in [0.3, 0.4) is 0 Å². The predicted molar refractivity (Wildman–Crippen MR) is 149 cm³/mol. The Morgan fingerprint density at radius 1 is 0.615 bits per heavy atom. The molecule has 0 aromatic carbocycles. The SMILES string of the molecule is CCCCCCCCCCCCOC(C)(C)C(=O)C(C)OC(=O)C(C)OC(C)(C)C(=O)C(C)OC(=O)C(C)O. The number of carbonyl (C=O) groups excluding carboxylic acids is 4. The Labute approximate surface area is 235 Å². The number of hydrogen-bond acceptors (Lipinski definition) is 9. The molecule has 0 aromatic rings. The number of hydrogen-bond donors (Lipinski definition) is 1. The van der Waals surface area contributed by atoms with Crippen LogP contribution in [0.4, 0.5) is 0 Å². The molecule has 0 heterocycles. The minimum atomic E-state index is -1.50. The predicted octanol–water partition coefficient (Wildman–Crippen LogP) is 5.27. The fourth-order valence-corrected chi connectivity index (χ4v) is 4.16. The molecule has 9 heteroatoms. The van der Waals surface area contributed by atoms with Gasteiger partial charge in [0.15, 0.2) is 18.3 Å². The van der Waals surface area contributed by atoms with Crippen LogP contribution in [0, 0.1) is 0 Å². The lowest BCUT2D eigenvalue weighted by Gasteiger charge is -2.30. The normalized spacial score (nSPS) is 15.2. The van der Waals surface area contributed by atoms with Crippen LogP contribution < -0.4 is 0 Å². The Morgan fingerprint density at radius 2 is 1.03 bits per heavy atom. The Bertz CT molecular complexity index is 758. The highest BCUT2D eigenvalue weighted by Crippen LogP contribution is 2.21. The van der Waals surface area contributed by atoms with Crippen molar-refractivity contribution in [1.82, 2.24) is 0 Å². The van der Waals surface area contributed by atoms with Gasteiger partial charge in [0, 0.05) is 6.61 Å². The molecule has 0 aromatic heterocycles. The highest BCUT2D eigenvalue weighted by molar-refractivity contribution is 5.93. The van der Waals surface area contributed by atoms with Crippen molar-refractivity contribution in [3.8, 4) is 0 Å². The largest absolute Gasteiger partial charge is 0.453 e. The first-order valence-corrected chi connectivity index (χ1v) is 14.6. The first-order valence-electron chi connectivity index (χ1n) is 14.6. The smallest absolute Gasteiger partial charge is 0.335 e. The molecule has 0 aliphatic carbocycles. The lowest BCUT2D eigenvalue weighted by Crippen LogP contribution is -2.48. The van der Waals surface area contributed by atoms with Crippen LogP contribution in [0.5, 0.6) is 0 Å². The lowest BCUT2D eigenvalue weighted by molar-refractivity contribution is -0.183. The lowest BCUT2D eigenvalue weighted by atomic mass is 9.98. The standard InChI is InChI=1S/C30H54O9/c1-10-11-12-13-14-15-16-17-18-19-20-36-29(6,7)25(32)22(3)38-28(35)24(5)39-30(8,9)26(33)23(4)37-27(34)21(2)31/h21-24,31H,10-20H2,1-9H3. The fourth-order valence-electron chi connectivity index (χ4n) is 4.16. The molecule has 39 heavy (non-hydrogen) atoms. The molecule has 0 rings (SSSR count). The molecule has 0 bridgehead atoms. The van der Waals surface area contributed by atoms with Crippen molar-refractivity contribution in [1.29, 1.82) is 0 Å². The van der Waals surface area contributed by atoms with Gasteiger partial charge in [-0.3, -0.25) is 9.59 Å². The van der Waals surface area contributed by atoms with Crippen molar-refractivity contribution >= 4 is 23.5 Å². The van der Waals surface area contributed by atoms with Gasteiger partial charge in [0.2, 0.25) is 11.6 Å². The Kier molecular flexibility index (Phi) is 17.6. The van der Waals surface area contributed by atoms with Gasteiger partial charge in [-0.1, -0.05) is 64.7 Å². The molecule has 0 aliphatic heterocycles. The van der Waals surface area contributed by atoms with E-state index in [1.165, 1.54) is 86.5 Å². The maximum absolute atomic E-state index is 12.9. The zero-order valence-corrected chi connectivity index (χ0v) is 25.8. The van der Waals surface area contributed by atoms with Crippen LogP contribution >= 0.6 is 0 Å². The fraction of sp³-hybridized carbons (Fsp3) is 0.867. The van der Waals surface area contributed by atoms with Crippen LogP contribution in [0.1, 0.15) is 127 Å². The van der Waals surface area contributed by atoms with Gasteiger partial charge in [-0.25, -0.2) is 9.59 Å². The minimum Gasteiger partial charge on any atom is -0.453 e. The summed E-state index contributed by atoms with van der Waals surface area (Å²) in [6.45, 7) is 14.3. The Morgan fingerprint density at radius 3 is 1.49 bits per heavy atom. The zero-order valence-electron chi connectivity index (χ0n) is 25.8. The molecular weight excluding hydrogens is 504 g/mol. The van der Waals surface area contributed by atoms with E-state index in [2.05, 4.69) is 6.92 Å². The molecule has 0 spiro atoms. The van der Waals surface area contributed by atoms with Crippen LogP contribution in [-0.2, 0) is 38.1 Å². The van der Waals surface area contributed by atoms with E-state index in [1.54, 1.807) is 13.8 Å². The van der Waals surface area contributed by atoms with E-state index in [4.69, 9.17) is 18.9 Å². The number of rotatable bonds is 22. The number of ketones is 2. The number of esters is 2. The molecule has 0 saturated carbocycles. The number of ether oxygens (including phenoxy) is 4. The Hall–Kier alpha value is -1.84. The number of unbranched alkanes of at least 4 members (excludes halogenated alkanes) is 9. The van der Waals surface area contributed by atoms with E-state index in [1.807, 2.05) is 0 Å². The first kappa shape index (κ1) is 37.2. The van der Waals surface area contributed by atoms with Crippen molar-refractivity contribution in [3.05, 3.63) is 0 Å². The van der Waals surface area contributed by atoms with Crippen molar-refractivity contribution in [2.45, 2.75) is 162 Å². The maximum atomic E-state index is 12.9. The number of Topliss-reactive ketones (excluding diaryl/α,β-unsaturated/α-hetero) is 2. The highest BCUT2D eigenvalue weighted by Gasteiger charge is 2.39. The molecule has 1 N–H and O–H groups in total. The van der Waals surface area contributed by atoms with Gasteiger partial charge in [0.1, 0.15) is 17.3 Å². The molecule has 228 valence electrons. The summed E-state index contributed by atoms with van der Waals surface area (Å²) in [4.78, 5) is 49.8. The molecular formula is C30H54O9. The quantitative estimate of drug-likeness (QED) is 0.140. The summed E-state index contributed by atoms with van der Waals surface area (Å²) in [6, 6.07) is 0. The third kappa shape index (κ3) is 14.9. The second-order valence-electron chi connectivity index (χ2n) is 11.4. The molecule has 0 aliphatic rings. The van der Waals surface area contributed by atoms with Gasteiger partial charge >= 0.3 is 11.9 Å². The molecule has 0 saturated heterocycles. The van der Waals surface area contributed by atoms with Gasteiger partial charge in [0.25, 0.3) is 0 Å². The monoisotopic (exact) mass is 558 g/mol. The van der Waals surface area contributed by atoms with Gasteiger partial charge in [-0.2, -0.15) is 0 Å². The molecule has 4 unspecified atom stereocenters. The number of aliphatic hydroxyl groups excluding tert-OH is 1. The first-order chi connectivity index (χ1) is 18.1. The highest BCUT2D eigenvalue weighted by atomic mass is 16.6. The van der Waals surface area contributed by atoms with Gasteiger partial charge in [-0.15, -0.1) is 0 Å². The van der Waals surface area contributed by atoms with E-state index in [9.17, 15) is 24.3 Å². The van der Waals surface area contributed by atoms with Crippen LogP contribution in [0.25, 0.3) is 0 Å². The topological polar surface area (TPSA) is 125 Å². The minimum absolute atomic E-state index is 0.371. The zero-order chi connectivity index (χ0) is 30.2. The summed E-state index contributed by atoms with van der Waals surface area (Å²) in [7, 11) is 0. The van der Waals surface area contributed by atoms with Crippen molar-refractivity contribution in [3.63, 3.8) is 0 Å². The van der Waals surface area contributed by atoms with Crippen LogP contribution in [-0.4, -0.2) is 70.8 Å². The van der Waals surface area contributed by atoms with Gasteiger partial charge in [0.05, 0.1) is 0 Å². The number of carbonyl (C=O) groups is 4. The van der Waals surface area contributed by atoms with E-state index >= 15 is 0 Å². The summed E-state index contributed by atoms with van der Waals surface area (Å²) in [6.07, 6.45) is 7.25. The van der Waals surface area contributed by atoms with Crippen LogP contribution in [0.2, 0.25) is 0 Å². The van der Waals surface area contributed by atoms with E-state index < -0.39 is 53.3 Å². The van der Waals surface area contributed by atoms with Crippen molar-refractivity contribution < 1.29 is 43.2 Å². The maximum Gasteiger partial charge on any atom is 0.335 e. The third-order valence-corrected chi connectivity index (χ3v) is 6.62. The summed E-state index contributed by atoms with van der Waals surface area (Å²) in [5.74, 6) is -2.72. The second kappa shape index (κ2) is 18.5. The van der Waals surface area contributed by atoms with E-state index in [-0.39, 0.29) is 5.78 Å². The summed E-state index contributed by atoms with van der Waals surface area (Å²) >= 11 is 0. The van der Waals surface area contributed by atoms with E-state index in [0.717, 1.165) is 19.3 Å². The summed E-state index contributed by atoms with van der Waals surface area (Å²) in [5.41, 5.74) is -2.62. The molecule has 0 fully saturated rings. The average molecular weight is 559 g/mol. The molecule has 0 amide bonds. The second-order valence-corrected chi connectivity index (χ2v) is 11.4. The Balaban J connectivity index is 4.54. The van der Waals surface area contributed by atoms with Gasteiger partial charge in [-0.05, 0) is 61.8 Å². The molecule has 9 nitrogen and oxygen atoms in total. The van der Waals surface area contributed by atoms with Crippen molar-refractivity contribution in [2.24, 2.45) is 0 Å². The summed E-state index contributed by atoms with van der Waals surface area (Å²) in [5, 5.41) is 9.27. The molecule has 4 atom stereocenters.